The summed E-state index contributed by atoms with van der Waals surface area (Å²) in [5.74, 6) is -4.62. The van der Waals surface area contributed by atoms with Gasteiger partial charge in [-0.3, -0.25) is 4.79 Å². The minimum atomic E-state index is -2.34. The Morgan fingerprint density at radius 3 is 2.42 bits per heavy atom. The Morgan fingerprint density at radius 1 is 1.17 bits per heavy atom. The first-order valence-electron chi connectivity index (χ1n) is 7.10. The normalized spacial score (nSPS) is 22.6. The molecule has 0 saturated heterocycles. The number of benzene rings is 2. The molecule has 7 heteroatoms. The monoisotopic (exact) mass is 332 g/mol. The highest BCUT2D eigenvalue weighted by molar-refractivity contribution is 6.08. The zero-order chi connectivity index (χ0) is 17.5. The van der Waals surface area contributed by atoms with Crippen molar-refractivity contribution >= 4 is 5.78 Å². The second-order valence-electron chi connectivity index (χ2n) is 5.29. The molecule has 2 unspecified atom stereocenters. The van der Waals surface area contributed by atoms with Crippen LogP contribution in [0.1, 0.15) is 22.0 Å². The number of rotatable bonds is 3. The lowest BCUT2D eigenvalue weighted by atomic mass is 9.89. The highest BCUT2D eigenvalue weighted by Gasteiger charge is 2.53. The molecule has 3 N–H and O–H groups in total. The topological polar surface area (TPSA) is 105 Å². The molecule has 2 aromatic rings. The van der Waals surface area contributed by atoms with Crippen LogP contribution < -0.4 is 9.47 Å². The summed E-state index contributed by atoms with van der Waals surface area (Å²) in [7, 11) is 2.39. The maximum Gasteiger partial charge on any atom is 0.274 e. The Morgan fingerprint density at radius 2 is 1.83 bits per heavy atom. The maximum absolute atomic E-state index is 12.8. The Labute approximate surface area is 137 Å². The fourth-order valence-electron chi connectivity index (χ4n) is 2.75. The summed E-state index contributed by atoms with van der Waals surface area (Å²) < 4.78 is 15.6. The van der Waals surface area contributed by atoms with Gasteiger partial charge in [-0.25, -0.2) is 0 Å². The molecule has 1 heterocycles. The van der Waals surface area contributed by atoms with Crippen molar-refractivity contribution in [2.75, 3.05) is 14.2 Å². The van der Waals surface area contributed by atoms with Crippen molar-refractivity contribution in [1.29, 1.82) is 0 Å². The van der Waals surface area contributed by atoms with Crippen molar-refractivity contribution in [3.8, 4) is 23.0 Å². The predicted octanol–water partition coefficient (Wildman–Crippen LogP) is 1.76. The number of aromatic hydroxyl groups is 2. The van der Waals surface area contributed by atoms with Crippen molar-refractivity contribution in [3.05, 3.63) is 47.5 Å². The number of Topliss-reactive ketones (excluding diaryl/α,β-unsaturated/α-hetero) is 1. The Kier molecular flexibility index (Phi) is 3.82. The molecule has 0 aliphatic carbocycles. The second kappa shape index (κ2) is 5.70. The number of phenols is 2. The van der Waals surface area contributed by atoms with E-state index in [0.29, 0.717) is 5.56 Å². The third-order valence-electron chi connectivity index (χ3n) is 3.97. The Hall–Kier alpha value is -2.77. The molecular formula is C17H16O7. The third-order valence-corrected chi connectivity index (χ3v) is 3.97. The summed E-state index contributed by atoms with van der Waals surface area (Å²) in [5, 5.41) is 30.9. The molecule has 126 valence electrons. The lowest BCUT2D eigenvalue weighted by Crippen LogP contribution is -2.51. The summed E-state index contributed by atoms with van der Waals surface area (Å²) in [6, 6.07) is 9.69. The van der Waals surface area contributed by atoms with E-state index in [-0.39, 0.29) is 17.1 Å². The van der Waals surface area contributed by atoms with Gasteiger partial charge in [-0.2, -0.15) is 0 Å². The minimum absolute atomic E-state index is 0.0774. The van der Waals surface area contributed by atoms with Crippen LogP contribution in [0.3, 0.4) is 0 Å². The van der Waals surface area contributed by atoms with Crippen LogP contribution in [0.5, 0.6) is 23.0 Å². The fraction of sp³-hybridized carbons (Fsp3) is 0.235. The average Bonchev–Trinajstić information content (AvgIpc) is 2.58. The van der Waals surface area contributed by atoms with Crippen LogP contribution in [0.25, 0.3) is 0 Å². The van der Waals surface area contributed by atoms with E-state index in [1.165, 1.54) is 7.11 Å². The first-order chi connectivity index (χ1) is 11.4. The van der Waals surface area contributed by atoms with Gasteiger partial charge in [0.1, 0.15) is 11.3 Å². The van der Waals surface area contributed by atoms with Crippen molar-refractivity contribution in [2.45, 2.75) is 11.9 Å². The lowest BCUT2D eigenvalue weighted by molar-refractivity contribution is -0.205. The highest BCUT2D eigenvalue weighted by atomic mass is 16.7. The van der Waals surface area contributed by atoms with Gasteiger partial charge in [-0.1, -0.05) is 30.3 Å². The van der Waals surface area contributed by atoms with E-state index < -0.39 is 29.2 Å². The van der Waals surface area contributed by atoms with Crippen LogP contribution in [-0.4, -0.2) is 41.1 Å². The maximum atomic E-state index is 12.8. The van der Waals surface area contributed by atoms with Crippen LogP contribution >= 0.6 is 0 Å². The standard InChI is InChI=1S/C17H16O7/c1-22-14-10(18)8-11-12(13(14)19)15(20)17(21,23-2)16(24-11)9-6-4-3-5-7-9/h3-8,16,18-19,21H,1-2H3. The Bertz CT molecular complexity index is 787. The molecule has 0 spiro atoms. The molecule has 2 atom stereocenters. The van der Waals surface area contributed by atoms with Gasteiger partial charge in [-0.05, 0) is 5.56 Å². The van der Waals surface area contributed by atoms with E-state index in [2.05, 4.69) is 0 Å². The lowest BCUT2D eigenvalue weighted by Gasteiger charge is -2.38. The quantitative estimate of drug-likeness (QED) is 0.735. The second-order valence-corrected chi connectivity index (χ2v) is 5.29. The molecule has 3 rings (SSSR count). The van der Waals surface area contributed by atoms with Crippen LogP contribution in [0.15, 0.2) is 36.4 Å². The number of carbonyl (C=O) groups is 1. The van der Waals surface area contributed by atoms with Crippen LogP contribution in [0.4, 0.5) is 0 Å². The SMILES string of the molecule is COc1c(O)cc2c(c1O)C(=O)C(O)(OC)C(c1ccccc1)O2. The molecule has 0 radical (unpaired) electrons. The number of aliphatic hydroxyl groups is 1. The molecule has 0 bridgehead atoms. The van der Waals surface area contributed by atoms with E-state index in [9.17, 15) is 20.1 Å². The van der Waals surface area contributed by atoms with Crippen molar-refractivity contribution in [3.63, 3.8) is 0 Å². The van der Waals surface area contributed by atoms with E-state index in [0.717, 1.165) is 13.2 Å². The predicted molar refractivity (Wildman–Crippen MR) is 82.4 cm³/mol. The number of ether oxygens (including phenoxy) is 3. The van der Waals surface area contributed by atoms with Gasteiger partial charge in [0.25, 0.3) is 5.79 Å². The molecule has 7 nitrogen and oxygen atoms in total. The largest absolute Gasteiger partial charge is 0.504 e. The summed E-state index contributed by atoms with van der Waals surface area (Å²) in [6.45, 7) is 0. The number of hydrogen-bond acceptors (Lipinski definition) is 7. The van der Waals surface area contributed by atoms with Gasteiger partial charge < -0.3 is 29.5 Å². The third kappa shape index (κ3) is 2.17. The highest BCUT2D eigenvalue weighted by Crippen LogP contribution is 2.50. The molecule has 0 aromatic heterocycles. The van der Waals surface area contributed by atoms with Gasteiger partial charge in [0.15, 0.2) is 17.6 Å². The summed E-state index contributed by atoms with van der Waals surface area (Å²) in [6.07, 6.45) is -1.17. The average molecular weight is 332 g/mol. The van der Waals surface area contributed by atoms with Crippen LogP contribution in [0.2, 0.25) is 0 Å². The number of carbonyl (C=O) groups excluding carboxylic acids is 1. The first-order valence-corrected chi connectivity index (χ1v) is 7.10. The summed E-state index contributed by atoms with van der Waals surface area (Å²) >= 11 is 0. The van der Waals surface area contributed by atoms with E-state index in [1.807, 2.05) is 0 Å². The van der Waals surface area contributed by atoms with Gasteiger partial charge in [0, 0.05) is 13.2 Å². The van der Waals surface area contributed by atoms with Crippen molar-refractivity contribution in [2.24, 2.45) is 0 Å². The molecule has 1 aliphatic heterocycles. The number of ketones is 1. The zero-order valence-corrected chi connectivity index (χ0v) is 13.0. The summed E-state index contributed by atoms with van der Waals surface area (Å²) in [4.78, 5) is 12.8. The minimum Gasteiger partial charge on any atom is -0.504 e. The van der Waals surface area contributed by atoms with Crippen molar-refractivity contribution < 1.29 is 34.3 Å². The molecule has 1 aliphatic rings. The van der Waals surface area contributed by atoms with Gasteiger partial charge in [-0.15, -0.1) is 0 Å². The molecule has 24 heavy (non-hydrogen) atoms. The van der Waals surface area contributed by atoms with E-state index >= 15 is 0 Å². The number of methoxy groups -OCH3 is 2. The molecule has 0 fully saturated rings. The van der Waals surface area contributed by atoms with Gasteiger partial charge in [0.05, 0.1) is 7.11 Å². The molecule has 2 aromatic carbocycles. The smallest absolute Gasteiger partial charge is 0.274 e. The number of hydrogen-bond donors (Lipinski definition) is 3. The van der Waals surface area contributed by atoms with E-state index in [1.54, 1.807) is 30.3 Å². The van der Waals surface area contributed by atoms with Crippen LogP contribution in [0, 0.1) is 0 Å². The zero-order valence-electron chi connectivity index (χ0n) is 13.0. The van der Waals surface area contributed by atoms with Gasteiger partial charge in [0.2, 0.25) is 11.5 Å². The Balaban J connectivity index is 2.22. The first kappa shape index (κ1) is 16.1. The number of phenolic OH excluding ortho intramolecular Hbond substituents is 2. The summed E-state index contributed by atoms with van der Waals surface area (Å²) in [5.41, 5.74) is 0.178. The fourth-order valence-corrected chi connectivity index (χ4v) is 2.75. The number of fused-ring (bicyclic) bond motifs is 1. The molecular weight excluding hydrogens is 316 g/mol. The molecule has 0 amide bonds. The van der Waals surface area contributed by atoms with Crippen molar-refractivity contribution in [1.82, 2.24) is 0 Å². The van der Waals surface area contributed by atoms with Gasteiger partial charge >= 0.3 is 0 Å². The molecule has 0 saturated carbocycles. The van der Waals surface area contributed by atoms with E-state index in [4.69, 9.17) is 14.2 Å². The van der Waals surface area contributed by atoms with Crippen LogP contribution in [-0.2, 0) is 4.74 Å².